The van der Waals surface area contributed by atoms with Gasteiger partial charge in [-0.1, -0.05) is 30.7 Å². The van der Waals surface area contributed by atoms with Crippen LogP contribution in [0.5, 0.6) is 0 Å². The zero-order valence-electron chi connectivity index (χ0n) is 12.6. The minimum absolute atomic E-state index is 0.0722. The van der Waals surface area contributed by atoms with Crippen molar-refractivity contribution >= 4 is 27.5 Å². The second kappa shape index (κ2) is 7.43. The van der Waals surface area contributed by atoms with Crippen molar-refractivity contribution in [1.29, 1.82) is 0 Å². The van der Waals surface area contributed by atoms with Gasteiger partial charge in [-0.05, 0) is 60.4 Å². The summed E-state index contributed by atoms with van der Waals surface area (Å²) in [5.41, 5.74) is 2.29. The van der Waals surface area contributed by atoms with Crippen LogP contribution in [-0.4, -0.2) is 16.3 Å². The van der Waals surface area contributed by atoms with Gasteiger partial charge in [0.25, 0.3) is 0 Å². The molecule has 1 aromatic heterocycles. The van der Waals surface area contributed by atoms with Gasteiger partial charge in [-0.3, -0.25) is 4.68 Å². The number of hydrogen-bond donors (Lipinski definition) is 1. The van der Waals surface area contributed by atoms with Gasteiger partial charge in [0.15, 0.2) is 0 Å². The average Bonchev–Trinajstić information content (AvgIpc) is 2.82. The van der Waals surface area contributed by atoms with Gasteiger partial charge in [0.2, 0.25) is 0 Å². The molecule has 0 aliphatic carbocycles. The molecule has 0 spiro atoms. The Kier molecular flexibility index (Phi) is 5.85. The third-order valence-corrected chi connectivity index (χ3v) is 4.18. The fraction of sp³-hybridized carbons (Fsp3) is 0.438. The molecule has 1 atom stereocenters. The molecule has 0 saturated heterocycles. The molecule has 0 aliphatic heterocycles. The third-order valence-electron chi connectivity index (χ3n) is 3.33. The van der Waals surface area contributed by atoms with Gasteiger partial charge in [0, 0.05) is 11.1 Å². The van der Waals surface area contributed by atoms with Crippen LogP contribution in [-0.2, 0) is 0 Å². The van der Waals surface area contributed by atoms with E-state index in [0.29, 0.717) is 6.04 Å². The first kappa shape index (κ1) is 16.5. The molecule has 2 rings (SSSR count). The van der Waals surface area contributed by atoms with Crippen LogP contribution in [0.2, 0.25) is 5.02 Å². The topological polar surface area (TPSA) is 29.9 Å². The Labute approximate surface area is 139 Å². The normalized spacial score (nSPS) is 12.9. The van der Waals surface area contributed by atoms with Crippen LogP contribution in [0.1, 0.15) is 50.5 Å². The molecule has 5 heteroatoms. The minimum atomic E-state index is 0.0722. The summed E-state index contributed by atoms with van der Waals surface area (Å²) in [4.78, 5) is 0. The molecular formula is C16H21BrClN3. The molecule has 2 aromatic rings. The van der Waals surface area contributed by atoms with Crippen molar-refractivity contribution in [2.45, 2.75) is 39.3 Å². The molecule has 3 nitrogen and oxygen atoms in total. The predicted molar refractivity (Wildman–Crippen MR) is 91.9 cm³/mol. The van der Waals surface area contributed by atoms with E-state index in [1.807, 2.05) is 24.4 Å². The summed E-state index contributed by atoms with van der Waals surface area (Å²) in [5, 5.41) is 8.84. The Bertz CT molecular complexity index is 595. The number of rotatable bonds is 6. The largest absolute Gasteiger partial charge is 0.305 e. The van der Waals surface area contributed by atoms with Crippen molar-refractivity contribution < 1.29 is 0 Å². The van der Waals surface area contributed by atoms with Crippen LogP contribution in [0.4, 0.5) is 0 Å². The van der Waals surface area contributed by atoms with Crippen molar-refractivity contribution in [3.8, 4) is 0 Å². The summed E-state index contributed by atoms with van der Waals surface area (Å²) < 4.78 is 3.07. The Hall–Kier alpha value is -0.840. The van der Waals surface area contributed by atoms with Crippen LogP contribution < -0.4 is 5.32 Å². The molecule has 21 heavy (non-hydrogen) atoms. The van der Waals surface area contributed by atoms with E-state index in [0.717, 1.165) is 33.7 Å². The van der Waals surface area contributed by atoms with Crippen molar-refractivity contribution in [3.05, 3.63) is 51.2 Å². The van der Waals surface area contributed by atoms with E-state index < -0.39 is 0 Å². The molecule has 0 bridgehead atoms. The lowest BCUT2D eigenvalue weighted by atomic mass is 10.0. The van der Waals surface area contributed by atoms with Gasteiger partial charge in [0.1, 0.15) is 0 Å². The lowest BCUT2D eigenvalue weighted by Crippen LogP contribution is -2.26. The second-order valence-electron chi connectivity index (χ2n) is 5.36. The molecule has 114 valence electrons. The molecule has 1 heterocycles. The van der Waals surface area contributed by atoms with Gasteiger partial charge >= 0.3 is 0 Å². The summed E-state index contributed by atoms with van der Waals surface area (Å²) in [7, 11) is 0. The first-order valence-electron chi connectivity index (χ1n) is 7.26. The van der Waals surface area contributed by atoms with Crippen molar-refractivity contribution in [1.82, 2.24) is 15.1 Å². The highest BCUT2D eigenvalue weighted by atomic mass is 79.9. The first-order chi connectivity index (χ1) is 10.0. The number of nitrogens with zero attached hydrogens (tertiary/aromatic N) is 2. The summed E-state index contributed by atoms with van der Waals surface area (Å²) >= 11 is 9.80. The summed E-state index contributed by atoms with van der Waals surface area (Å²) in [6, 6.07) is 8.38. The highest BCUT2D eigenvalue weighted by molar-refractivity contribution is 9.10. The number of aromatic nitrogens is 2. The average molecular weight is 371 g/mol. The van der Waals surface area contributed by atoms with Crippen LogP contribution >= 0.6 is 27.5 Å². The fourth-order valence-electron chi connectivity index (χ4n) is 2.38. The zero-order valence-corrected chi connectivity index (χ0v) is 14.9. The molecule has 1 aromatic carbocycles. The summed E-state index contributed by atoms with van der Waals surface area (Å²) in [6.45, 7) is 7.37. The Morgan fingerprint density at radius 3 is 2.76 bits per heavy atom. The van der Waals surface area contributed by atoms with E-state index in [1.54, 1.807) is 0 Å². The maximum atomic E-state index is 6.16. The van der Waals surface area contributed by atoms with Crippen LogP contribution in [0.25, 0.3) is 0 Å². The maximum absolute atomic E-state index is 6.16. The van der Waals surface area contributed by atoms with Crippen LogP contribution in [0.3, 0.4) is 0 Å². The highest BCUT2D eigenvalue weighted by Gasteiger charge is 2.22. The zero-order chi connectivity index (χ0) is 15.4. The Morgan fingerprint density at radius 2 is 2.14 bits per heavy atom. The molecule has 0 radical (unpaired) electrons. The minimum Gasteiger partial charge on any atom is -0.305 e. The van der Waals surface area contributed by atoms with Gasteiger partial charge in [-0.15, -0.1) is 0 Å². The summed E-state index contributed by atoms with van der Waals surface area (Å²) in [5.74, 6) is 0. The highest BCUT2D eigenvalue weighted by Crippen LogP contribution is 2.31. The monoisotopic (exact) mass is 369 g/mol. The number of benzene rings is 1. The molecule has 0 aliphatic rings. The van der Waals surface area contributed by atoms with E-state index in [1.165, 1.54) is 0 Å². The van der Waals surface area contributed by atoms with E-state index in [2.05, 4.69) is 57.9 Å². The number of halogens is 2. The smallest absolute Gasteiger partial charge is 0.0760 e. The Morgan fingerprint density at radius 1 is 1.38 bits per heavy atom. The standard InChI is InChI=1S/C16H21BrClN3/c1-4-8-19-15(12-6-5-7-13(18)9-12)16-14(17)10-20-21(16)11(2)3/h5-7,9-11,15,19H,4,8H2,1-3H3. The van der Waals surface area contributed by atoms with Gasteiger partial charge in [-0.25, -0.2) is 0 Å². The predicted octanol–water partition coefficient (Wildman–Crippen LogP) is 4.97. The van der Waals surface area contributed by atoms with E-state index in [9.17, 15) is 0 Å². The third kappa shape index (κ3) is 3.87. The SMILES string of the molecule is CCCNC(c1cccc(Cl)c1)c1c(Br)cnn1C(C)C. The van der Waals surface area contributed by atoms with Gasteiger partial charge in [-0.2, -0.15) is 5.10 Å². The van der Waals surface area contributed by atoms with Crippen molar-refractivity contribution in [2.24, 2.45) is 0 Å². The van der Waals surface area contributed by atoms with Gasteiger partial charge in [0.05, 0.1) is 22.4 Å². The quantitative estimate of drug-likeness (QED) is 0.778. The molecule has 1 unspecified atom stereocenters. The molecule has 1 N–H and O–H groups in total. The van der Waals surface area contributed by atoms with E-state index in [4.69, 9.17) is 11.6 Å². The van der Waals surface area contributed by atoms with E-state index in [-0.39, 0.29) is 6.04 Å². The second-order valence-corrected chi connectivity index (χ2v) is 6.65. The van der Waals surface area contributed by atoms with Crippen molar-refractivity contribution in [3.63, 3.8) is 0 Å². The van der Waals surface area contributed by atoms with Crippen LogP contribution in [0, 0.1) is 0 Å². The molecular weight excluding hydrogens is 350 g/mol. The first-order valence-corrected chi connectivity index (χ1v) is 8.43. The number of hydrogen-bond acceptors (Lipinski definition) is 2. The summed E-state index contributed by atoms with van der Waals surface area (Å²) in [6.07, 6.45) is 2.94. The maximum Gasteiger partial charge on any atom is 0.0760 e. The van der Waals surface area contributed by atoms with Crippen molar-refractivity contribution in [2.75, 3.05) is 6.54 Å². The lowest BCUT2D eigenvalue weighted by molar-refractivity contribution is 0.471. The van der Waals surface area contributed by atoms with E-state index >= 15 is 0 Å². The lowest BCUT2D eigenvalue weighted by Gasteiger charge is -2.23. The molecule has 0 fully saturated rings. The molecule has 0 amide bonds. The fourth-order valence-corrected chi connectivity index (χ4v) is 3.08. The van der Waals surface area contributed by atoms with Gasteiger partial charge < -0.3 is 5.32 Å². The molecule has 0 saturated carbocycles. The Balaban J connectivity index is 2.48. The number of nitrogens with one attached hydrogen (secondary N) is 1. The van der Waals surface area contributed by atoms with Crippen LogP contribution in [0.15, 0.2) is 34.9 Å².